The maximum atomic E-state index is 14.0. The summed E-state index contributed by atoms with van der Waals surface area (Å²) in [4.78, 5) is 89.1. The number of imide groups is 1. The first-order valence-corrected chi connectivity index (χ1v) is 15.0. The second-order valence-electron chi connectivity index (χ2n) is 12.7. The van der Waals surface area contributed by atoms with Crippen LogP contribution in [0.1, 0.15) is 82.6 Å². The molecule has 2 heterocycles. The molecule has 0 spiro atoms. The van der Waals surface area contributed by atoms with Gasteiger partial charge in [0.15, 0.2) is 16.6 Å². The van der Waals surface area contributed by atoms with Gasteiger partial charge in [-0.1, -0.05) is 18.7 Å². The van der Waals surface area contributed by atoms with E-state index in [0.717, 1.165) is 16.3 Å². The lowest BCUT2D eigenvalue weighted by atomic mass is 10.2. The number of anilines is 1. The van der Waals surface area contributed by atoms with Gasteiger partial charge in [-0.15, -0.1) is 0 Å². The molecule has 0 aliphatic heterocycles. The maximum Gasteiger partial charge on any atom is 0.425 e. The van der Waals surface area contributed by atoms with Gasteiger partial charge in [-0.2, -0.15) is 9.47 Å². The van der Waals surface area contributed by atoms with Crippen LogP contribution in [0.15, 0.2) is 14.7 Å². The Hall–Kier alpha value is -3.95. The summed E-state index contributed by atoms with van der Waals surface area (Å²) in [6.07, 6.45) is -2.87. The van der Waals surface area contributed by atoms with Crippen LogP contribution in [0.4, 0.5) is 20.2 Å². The first-order valence-electron chi connectivity index (χ1n) is 13.8. The minimum atomic E-state index is -1.33. The molecule has 2 amide bonds. The minimum absolute atomic E-state index is 0.0484. The van der Waals surface area contributed by atoms with E-state index < -0.39 is 69.6 Å². The monoisotopic (exact) mass is 639 g/mol. The van der Waals surface area contributed by atoms with Crippen molar-refractivity contribution in [2.75, 3.05) is 11.2 Å². The fraction of sp³-hybridized carbons (Fsp3) is 0.643. The molecule has 0 radical (unpaired) electrons. The molecule has 1 unspecified atom stereocenters. The van der Waals surface area contributed by atoms with E-state index >= 15 is 0 Å². The Balaban J connectivity index is 3.18. The number of amides is 2. The molecule has 16 heteroatoms. The van der Waals surface area contributed by atoms with Crippen molar-refractivity contribution in [2.24, 2.45) is 0 Å². The van der Waals surface area contributed by atoms with Gasteiger partial charge < -0.3 is 18.9 Å². The normalized spacial score (nSPS) is 12.8. The lowest BCUT2D eigenvalue weighted by molar-refractivity contribution is -0.147. The number of ether oxygens (including phenoxy) is 4. The molecule has 0 bridgehead atoms. The standard InChI is InChI=1S/C28H41N5O10S/c1-13-16(40-15(2)34)14-31-18-17(20(35)33(22(31)36)25(39)43-28(9,10)11)19(30-21(29-18)44-12)32(23(37)41-26(3,4)5)24(38)42-27(6,7)8/h16H,13-14H2,1-12H3. The van der Waals surface area contributed by atoms with Crippen LogP contribution in [-0.4, -0.2) is 72.5 Å². The van der Waals surface area contributed by atoms with Crippen molar-refractivity contribution in [2.45, 2.75) is 117 Å². The van der Waals surface area contributed by atoms with E-state index in [1.807, 2.05) is 0 Å². The van der Waals surface area contributed by atoms with Gasteiger partial charge in [0.2, 0.25) is 0 Å². The molecule has 0 fully saturated rings. The third-order valence-corrected chi connectivity index (χ3v) is 5.79. The zero-order valence-corrected chi connectivity index (χ0v) is 28.0. The second-order valence-corrected chi connectivity index (χ2v) is 13.5. The number of hydrogen-bond acceptors (Lipinski definition) is 13. The van der Waals surface area contributed by atoms with E-state index in [1.165, 1.54) is 27.7 Å². The maximum absolute atomic E-state index is 14.0. The largest absolute Gasteiger partial charge is 0.461 e. The Labute approximate surface area is 259 Å². The second kappa shape index (κ2) is 13.4. The van der Waals surface area contributed by atoms with Crippen molar-refractivity contribution in [1.29, 1.82) is 0 Å². The molecule has 244 valence electrons. The average Bonchev–Trinajstić information content (AvgIpc) is 2.81. The number of carbonyl (C=O) groups excluding carboxylic acids is 4. The van der Waals surface area contributed by atoms with Crippen LogP contribution in [0.5, 0.6) is 0 Å². The van der Waals surface area contributed by atoms with E-state index in [-0.39, 0.29) is 28.3 Å². The number of rotatable bonds is 6. The zero-order chi connectivity index (χ0) is 33.9. The zero-order valence-electron chi connectivity index (χ0n) is 27.2. The summed E-state index contributed by atoms with van der Waals surface area (Å²) < 4.78 is 22.8. The van der Waals surface area contributed by atoms with Gasteiger partial charge in [-0.3, -0.25) is 14.2 Å². The molecule has 2 rings (SSSR count). The molecule has 0 N–H and O–H groups in total. The molecular formula is C28H41N5O10S. The van der Waals surface area contributed by atoms with Crippen LogP contribution < -0.4 is 16.1 Å². The quantitative estimate of drug-likeness (QED) is 0.187. The van der Waals surface area contributed by atoms with Gasteiger partial charge in [-0.25, -0.2) is 29.1 Å². The highest BCUT2D eigenvalue weighted by Crippen LogP contribution is 2.28. The van der Waals surface area contributed by atoms with Crippen LogP contribution in [-0.2, 0) is 30.3 Å². The lowest BCUT2D eigenvalue weighted by Crippen LogP contribution is -2.49. The van der Waals surface area contributed by atoms with Crippen LogP contribution in [0, 0.1) is 0 Å². The Morgan fingerprint density at radius 1 is 0.864 bits per heavy atom. The molecule has 0 aliphatic rings. The number of carbonyl (C=O) groups is 4. The number of nitrogens with zero attached hydrogens (tertiary/aromatic N) is 5. The predicted octanol–water partition coefficient (Wildman–Crippen LogP) is 4.48. The van der Waals surface area contributed by atoms with Crippen molar-refractivity contribution in [3.8, 4) is 0 Å². The van der Waals surface area contributed by atoms with Gasteiger partial charge >= 0.3 is 29.9 Å². The summed E-state index contributed by atoms with van der Waals surface area (Å²) in [5, 5.41) is -0.615. The molecule has 2 aromatic heterocycles. The summed E-state index contributed by atoms with van der Waals surface area (Å²) in [6.45, 7) is 16.5. The molecular weight excluding hydrogens is 598 g/mol. The average molecular weight is 640 g/mol. The van der Waals surface area contributed by atoms with E-state index in [0.29, 0.717) is 4.90 Å². The molecule has 0 aromatic carbocycles. The number of esters is 1. The molecule has 2 aromatic rings. The number of hydrogen-bond donors (Lipinski definition) is 0. The highest BCUT2D eigenvalue weighted by Gasteiger charge is 2.38. The fourth-order valence-electron chi connectivity index (χ4n) is 3.65. The Kier molecular flexibility index (Phi) is 11.0. The molecule has 0 aliphatic carbocycles. The topological polar surface area (TPSA) is 178 Å². The van der Waals surface area contributed by atoms with Gasteiger partial charge in [-0.05, 0) is 75.0 Å². The van der Waals surface area contributed by atoms with E-state index in [4.69, 9.17) is 18.9 Å². The van der Waals surface area contributed by atoms with Gasteiger partial charge in [0.1, 0.15) is 28.3 Å². The first kappa shape index (κ1) is 36.2. The van der Waals surface area contributed by atoms with E-state index in [2.05, 4.69) is 9.97 Å². The van der Waals surface area contributed by atoms with Gasteiger partial charge in [0.25, 0.3) is 5.56 Å². The summed E-state index contributed by atoms with van der Waals surface area (Å²) in [6, 6.07) is 0. The van der Waals surface area contributed by atoms with E-state index in [9.17, 15) is 28.8 Å². The lowest BCUT2D eigenvalue weighted by Gasteiger charge is -2.28. The number of aromatic nitrogens is 4. The van der Waals surface area contributed by atoms with Crippen LogP contribution in [0.25, 0.3) is 11.0 Å². The first-order chi connectivity index (χ1) is 20.0. The van der Waals surface area contributed by atoms with Crippen LogP contribution in [0.2, 0.25) is 0 Å². The summed E-state index contributed by atoms with van der Waals surface area (Å²) in [7, 11) is 0. The highest BCUT2D eigenvalue weighted by atomic mass is 32.2. The molecule has 15 nitrogen and oxygen atoms in total. The third-order valence-electron chi connectivity index (χ3n) is 5.24. The molecule has 1 atom stereocenters. The third kappa shape index (κ3) is 9.27. The minimum Gasteiger partial charge on any atom is -0.461 e. The highest BCUT2D eigenvalue weighted by molar-refractivity contribution is 7.98. The predicted molar refractivity (Wildman–Crippen MR) is 162 cm³/mol. The number of thioether (sulfide) groups is 1. The van der Waals surface area contributed by atoms with Gasteiger partial charge in [0, 0.05) is 6.92 Å². The SMILES string of the molecule is CCC(Cn1c(=O)n(C(=O)OC(C)(C)C)c(=O)c2c(N(C(=O)OC(C)(C)C)C(=O)OC(C)(C)C)nc(SC)nc21)OC(C)=O. The van der Waals surface area contributed by atoms with Crippen molar-refractivity contribution in [1.82, 2.24) is 19.1 Å². The molecule has 0 saturated carbocycles. The summed E-state index contributed by atoms with van der Waals surface area (Å²) in [5.74, 6) is -1.23. The van der Waals surface area contributed by atoms with Crippen LogP contribution >= 0.6 is 11.8 Å². The summed E-state index contributed by atoms with van der Waals surface area (Å²) >= 11 is 0.985. The van der Waals surface area contributed by atoms with Crippen molar-refractivity contribution >= 4 is 52.9 Å². The molecule has 44 heavy (non-hydrogen) atoms. The Bertz CT molecular complexity index is 1530. The van der Waals surface area contributed by atoms with Crippen molar-refractivity contribution in [3.63, 3.8) is 0 Å². The van der Waals surface area contributed by atoms with Crippen LogP contribution in [0.3, 0.4) is 0 Å². The van der Waals surface area contributed by atoms with Crippen molar-refractivity contribution < 1.29 is 38.1 Å². The fourth-order valence-corrected chi connectivity index (χ4v) is 4.01. The molecule has 0 saturated heterocycles. The van der Waals surface area contributed by atoms with Crippen molar-refractivity contribution in [3.05, 3.63) is 20.8 Å². The summed E-state index contributed by atoms with van der Waals surface area (Å²) in [5.41, 5.74) is -6.07. The van der Waals surface area contributed by atoms with E-state index in [1.54, 1.807) is 54.7 Å². The smallest absolute Gasteiger partial charge is 0.425 e. The Morgan fingerprint density at radius 3 is 1.77 bits per heavy atom. The number of fused-ring (bicyclic) bond motifs is 1. The Morgan fingerprint density at radius 2 is 1.36 bits per heavy atom. The van der Waals surface area contributed by atoms with Gasteiger partial charge in [0.05, 0.1) is 6.54 Å².